The molecule has 0 saturated carbocycles. The van der Waals surface area contributed by atoms with Gasteiger partial charge in [-0.3, -0.25) is 9.59 Å². The number of aryl methyl sites for hydroxylation is 1. The highest BCUT2D eigenvalue weighted by Crippen LogP contribution is 2.25. The Hall–Kier alpha value is -3.87. The highest BCUT2D eigenvalue weighted by Gasteiger charge is 2.31. The molecule has 7 nitrogen and oxygen atoms in total. The van der Waals surface area contributed by atoms with Crippen LogP contribution in [0.15, 0.2) is 66.7 Å². The van der Waals surface area contributed by atoms with Crippen LogP contribution in [0.5, 0.6) is 0 Å². The van der Waals surface area contributed by atoms with Gasteiger partial charge in [-0.2, -0.15) is 0 Å². The van der Waals surface area contributed by atoms with E-state index in [1.165, 1.54) is 4.90 Å². The average Bonchev–Trinajstić information content (AvgIpc) is 2.79. The zero-order chi connectivity index (χ0) is 25.6. The van der Waals surface area contributed by atoms with Gasteiger partial charge in [0.05, 0.1) is 0 Å². The number of nitrogens with zero attached hydrogens (tertiary/aromatic N) is 1. The Bertz CT molecular complexity index is 1220. The molecule has 1 unspecified atom stereocenters. The number of carbonyl (C=O) groups is 3. The Morgan fingerprint density at radius 2 is 1.66 bits per heavy atom. The fraction of sp³-hybridized carbons (Fsp3) is 0.321. The third kappa shape index (κ3) is 7.06. The van der Waals surface area contributed by atoms with Crippen molar-refractivity contribution >= 4 is 34.4 Å². The molecule has 0 radical (unpaired) electrons. The summed E-state index contributed by atoms with van der Waals surface area (Å²) in [5, 5.41) is 7.54. The van der Waals surface area contributed by atoms with Crippen molar-refractivity contribution in [1.29, 1.82) is 0 Å². The lowest BCUT2D eigenvalue weighted by molar-refractivity contribution is -0.138. The van der Waals surface area contributed by atoms with Gasteiger partial charge in [0.2, 0.25) is 5.91 Å². The van der Waals surface area contributed by atoms with Crippen molar-refractivity contribution in [2.24, 2.45) is 0 Å². The number of carbonyl (C=O) groups excluding carboxylic acids is 3. The fourth-order valence-electron chi connectivity index (χ4n) is 3.86. The van der Waals surface area contributed by atoms with Crippen LogP contribution in [0.25, 0.3) is 10.8 Å². The Labute approximate surface area is 206 Å². The number of ether oxygens (including phenoxy) is 1. The lowest BCUT2D eigenvalue weighted by atomic mass is 10.0. The zero-order valence-electron chi connectivity index (χ0n) is 20.9. The van der Waals surface area contributed by atoms with Crippen LogP contribution in [0.2, 0.25) is 0 Å². The number of fused-ring (bicyclic) bond motifs is 1. The van der Waals surface area contributed by atoms with Gasteiger partial charge in [0.15, 0.2) is 0 Å². The van der Waals surface area contributed by atoms with Crippen molar-refractivity contribution in [2.45, 2.75) is 46.3 Å². The largest absolute Gasteiger partial charge is 0.444 e. The molecule has 0 spiro atoms. The number of hydrogen-bond donors (Lipinski definition) is 2. The summed E-state index contributed by atoms with van der Waals surface area (Å²) >= 11 is 0. The van der Waals surface area contributed by atoms with Crippen LogP contribution < -0.4 is 10.6 Å². The van der Waals surface area contributed by atoms with E-state index in [4.69, 9.17) is 4.74 Å². The van der Waals surface area contributed by atoms with Crippen LogP contribution in [-0.4, -0.2) is 41.5 Å². The van der Waals surface area contributed by atoms with E-state index in [9.17, 15) is 14.4 Å². The highest BCUT2D eigenvalue weighted by atomic mass is 16.6. The molecule has 2 N–H and O–H groups in total. The van der Waals surface area contributed by atoms with Gasteiger partial charge >= 0.3 is 6.09 Å². The molecule has 1 atom stereocenters. The number of benzene rings is 3. The summed E-state index contributed by atoms with van der Waals surface area (Å²) in [6.07, 6.45) is -0.686. The molecule has 3 rings (SSSR count). The van der Waals surface area contributed by atoms with Gasteiger partial charge in [0.1, 0.15) is 18.2 Å². The molecule has 0 aliphatic carbocycles. The van der Waals surface area contributed by atoms with Gasteiger partial charge in [-0.25, -0.2) is 4.79 Å². The van der Waals surface area contributed by atoms with E-state index in [2.05, 4.69) is 10.6 Å². The molecule has 35 heavy (non-hydrogen) atoms. The van der Waals surface area contributed by atoms with Crippen LogP contribution in [0, 0.1) is 6.92 Å². The van der Waals surface area contributed by atoms with E-state index >= 15 is 0 Å². The zero-order valence-corrected chi connectivity index (χ0v) is 20.9. The minimum absolute atomic E-state index is 0.276. The molecular formula is C28H33N3O4. The second kappa shape index (κ2) is 11.0. The molecule has 7 heteroatoms. The van der Waals surface area contributed by atoms with E-state index in [0.717, 1.165) is 16.3 Å². The van der Waals surface area contributed by atoms with Gasteiger partial charge in [-0.15, -0.1) is 0 Å². The Morgan fingerprint density at radius 1 is 0.943 bits per heavy atom. The minimum atomic E-state index is -0.876. The van der Waals surface area contributed by atoms with Crippen LogP contribution in [0.4, 0.5) is 10.5 Å². The fourth-order valence-corrected chi connectivity index (χ4v) is 3.86. The summed E-state index contributed by atoms with van der Waals surface area (Å²) in [4.78, 5) is 40.2. The van der Waals surface area contributed by atoms with Crippen molar-refractivity contribution in [3.63, 3.8) is 0 Å². The van der Waals surface area contributed by atoms with E-state index in [0.29, 0.717) is 11.3 Å². The van der Waals surface area contributed by atoms with Crippen molar-refractivity contribution < 1.29 is 19.1 Å². The Kier molecular flexibility index (Phi) is 8.12. The predicted molar refractivity (Wildman–Crippen MR) is 138 cm³/mol. The van der Waals surface area contributed by atoms with Crippen LogP contribution in [0.1, 0.15) is 44.9 Å². The van der Waals surface area contributed by atoms with Crippen molar-refractivity contribution in [1.82, 2.24) is 10.2 Å². The van der Waals surface area contributed by atoms with E-state index in [1.807, 2.05) is 73.7 Å². The molecule has 0 aromatic heterocycles. The van der Waals surface area contributed by atoms with Gasteiger partial charge in [0, 0.05) is 12.2 Å². The lowest BCUT2D eigenvalue weighted by Gasteiger charge is -2.31. The number of rotatable bonds is 7. The van der Waals surface area contributed by atoms with Crippen molar-refractivity contribution in [3.05, 3.63) is 77.9 Å². The van der Waals surface area contributed by atoms with Gasteiger partial charge in [-0.05, 0) is 63.1 Å². The molecule has 0 aliphatic heterocycles. The van der Waals surface area contributed by atoms with Crippen LogP contribution in [0.3, 0.4) is 0 Å². The maximum absolute atomic E-state index is 13.6. The summed E-state index contributed by atoms with van der Waals surface area (Å²) in [7, 11) is 0. The first kappa shape index (κ1) is 25.7. The molecule has 0 bridgehead atoms. The monoisotopic (exact) mass is 475 g/mol. The van der Waals surface area contributed by atoms with E-state index < -0.39 is 23.6 Å². The smallest absolute Gasteiger partial charge is 0.408 e. The van der Waals surface area contributed by atoms with Crippen molar-refractivity contribution in [3.8, 4) is 0 Å². The van der Waals surface area contributed by atoms with Crippen molar-refractivity contribution in [2.75, 3.05) is 18.4 Å². The molecule has 0 fully saturated rings. The summed E-state index contributed by atoms with van der Waals surface area (Å²) in [5.41, 5.74) is 1.63. The standard InChI is InChI=1S/C28H33N3O4/c1-6-31(24(32)18-29-27(34)35-28(3,4)5)25(22-13-9-10-19(2)16-22)26(33)30-23-15-14-20-11-7-8-12-21(20)17-23/h7-17,25H,6,18H2,1-5H3,(H,29,34)(H,30,33). The SMILES string of the molecule is CCN(C(=O)CNC(=O)OC(C)(C)C)C(C(=O)Nc1ccc2ccccc2c1)c1cccc(C)c1. The van der Waals surface area contributed by atoms with Gasteiger partial charge in [-0.1, -0.05) is 60.2 Å². The number of alkyl carbamates (subject to hydrolysis) is 1. The maximum Gasteiger partial charge on any atom is 0.408 e. The molecule has 3 aromatic carbocycles. The summed E-state index contributed by atoms with van der Waals surface area (Å²) < 4.78 is 5.22. The summed E-state index contributed by atoms with van der Waals surface area (Å²) in [6, 6.07) is 20.2. The summed E-state index contributed by atoms with van der Waals surface area (Å²) in [5.74, 6) is -0.725. The number of amides is 3. The average molecular weight is 476 g/mol. The second-order valence-electron chi connectivity index (χ2n) is 9.40. The normalized spacial score (nSPS) is 12.0. The van der Waals surface area contributed by atoms with E-state index in [1.54, 1.807) is 27.7 Å². The first-order chi connectivity index (χ1) is 16.6. The van der Waals surface area contributed by atoms with Crippen LogP contribution >= 0.6 is 0 Å². The highest BCUT2D eigenvalue weighted by molar-refractivity contribution is 6.00. The first-order valence-corrected chi connectivity index (χ1v) is 11.7. The summed E-state index contributed by atoms with van der Waals surface area (Å²) in [6.45, 7) is 8.97. The number of nitrogens with one attached hydrogen (secondary N) is 2. The van der Waals surface area contributed by atoms with Gasteiger partial charge in [0.25, 0.3) is 5.91 Å². The molecular weight excluding hydrogens is 442 g/mol. The Balaban J connectivity index is 1.85. The topological polar surface area (TPSA) is 87.7 Å². The predicted octanol–water partition coefficient (Wildman–Crippen LogP) is 5.20. The van der Waals surface area contributed by atoms with Gasteiger partial charge < -0.3 is 20.3 Å². The van der Waals surface area contributed by atoms with E-state index in [-0.39, 0.29) is 19.0 Å². The third-order valence-corrected chi connectivity index (χ3v) is 5.38. The third-order valence-electron chi connectivity index (χ3n) is 5.38. The maximum atomic E-state index is 13.6. The second-order valence-corrected chi connectivity index (χ2v) is 9.40. The first-order valence-electron chi connectivity index (χ1n) is 11.7. The minimum Gasteiger partial charge on any atom is -0.444 e. The number of anilines is 1. The molecule has 3 aromatic rings. The molecule has 0 heterocycles. The van der Waals surface area contributed by atoms with Crippen LogP contribution in [-0.2, 0) is 14.3 Å². The Morgan fingerprint density at radius 3 is 2.31 bits per heavy atom. The number of likely N-dealkylation sites (N-methyl/N-ethyl adjacent to an activating group) is 1. The molecule has 0 saturated heterocycles. The lowest BCUT2D eigenvalue weighted by Crippen LogP contribution is -2.46. The molecule has 0 aliphatic rings. The quantitative estimate of drug-likeness (QED) is 0.492. The molecule has 3 amide bonds. The number of hydrogen-bond acceptors (Lipinski definition) is 4. The molecule has 184 valence electrons.